The van der Waals surface area contributed by atoms with Gasteiger partial charge in [-0.1, -0.05) is 71.0 Å². The number of carbonyl (C=O) groups is 3. The number of ether oxygens (including phenoxy) is 6. The maximum Gasteiger partial charge on any atom is 0.410 e. The van der Waals surface area contributed by atoms with Crippen molar-refractivity contribution in [3.05, 3.63) is 48.0 Å². The first-order valence-corrected chi connectivity index (χ1v) is 21.3. The van der Waals surface area contributed by atoms with E-state index < -0.39 is 83.7 Å². The van der Waals surface area contributed by atoms with E-state index in [-0.39, 0.29) is 37.6 Å². The Bertz CT molecular complexity index is 1540. The highest BCUT2D eigenvalue weighted by Crippen LogP contribution is 2.44. The number of aliphatic hydroxyl groups is 1. The normalized spacial score (nSPS) is 39.8. The van der Waals surface area contributed by atoms with Gasteiger partial charge in [0.25, 0.3) is 0 Å². The molecule has 4 aliphatic heterocycles. The lowest BCUT2D eigenvalue weighted by molar-refractivity contribution is -0.302. The third-order valence-electron chi connectivity index (χ3n) is 13.2. The summed E-state index contributed by atoms with van der Waals surface area (Å²) in [5.41, 5.74) is -0.490. The van der Waals surface area contributed by atoms with E-state index in [9.17, 15) is 19.5 Å². The van der Waals surface area contributed by atoms with E-state index in [2.05, 4.69) is 18.7 Å². The molecule has 0 aromatic heterocycles. The van der Waals surface area contributed by atoms with Gasteiger partial charge in [0.2, 0.25) is 0 Å². The fourth-order valence-corrected chi connectivity index (χ4v) is 10.0. The van der Waals surface area contributed by atoms with Crippen LogP contribution in [0.3, 0.4) is 0 Å². The molecule has 0 radical (unpaired) electrons. The molecule has 1 aromatic rings. The van der Waals surface area contributed by atoms with Crippen molar-refractivity contribution in [3.8, 4) is 0 Å². The van der Waals surface area contributed by atoms with Gasteiger partial charge in [0, 0.05) is 30.3 Å². The highest BCUT2D eigenvalue weighted by Gasteiger charge is 2.60. The number of rotatable bonds is 10. The lowest BCUT2D eigenvalue weighted by Gasteiger charge is -2.48. The number of aryl methyl sites for hydroxylation is 1. The van der Waals surface area contributed by atoms with E-state index in [1.807, 2.05) is 78.7 Å². The highest BCUT2D eigenvalue weighted by atomic mass is 16.7. The molecule has 4 saturated heterocycles. The molecule has 57 heavy (non-hydrogen) atoms. The van der Waals surface area contributed by atoms with Gasteiger partial charge in [0.1, 0.15) is 18.0 Å². The number of carbonyl (C=O) groups excluding carboxylic acids is 3. The first-order valence-electron chi connectivity index (χ1n) is 21.3. The summed E-state index contributed by atoms with van der Waals surface area (Å²) in [7, 11) is 3.84. The number of nitrogens with zero attached hydrogens (tertiary/aromatic N) is 2. The summed E-state index contributed by atoms with van der Waals surface area (Å²) in [4.78, 5) is 46.8. The lowest BCUT2D eigenvalue weighted by Crippen LogP contribution is -2.61. The monoisotopic (exact) mass is 799 g/mol. The second-order valence-corrected chi connectivity index (χ2v) is 18.0. The number of hydrogen-bond donors (Lipinski definition) is 1. The Morgan fingerprint density at radius 1 is 0.982 bits per heavy atom. The third kappa shape index (κ3) is 9.95. The maximum atomic E-state index is 14.9. The van der Waals surface area contributed by atoms with Gasteiger partial charge in [-0.25, -0.2) is 4.79 Å². The average Bonchev–Trinajstić information content (AvgIpc) is 3.45. The van der Waals surface area contributed by atoms with Crippen molar-refractivity contribution in [2.75, 3.05) is 33.9 Å². The van der Waals surface area contributed by atoms with E-state index in [4.69, 9.17) is 28.4 Å². The minimum atomic E-state index is -1.30. The van der Waals surface area contributed by atoms with Crippen LogP contribution in [-0.2, 0) is 44.4 Å². The van der Waals surface area contributed by atoms with Crippen molar-refractivity contribution in [2.24, 2.45) is 23.7 Å². The molecule has 4 heterocycles. The molecule has 12 nitrogen and oxygen atoms in total. The van der Waals surface area contributed by atoms with E-state index in [0.717, 1.165) is 25.7 Å². The Morgan fingerprint density at radius 2 is 1.68 bits per heavy atom. The molecular weight excluding hydrogens is 728 g/mol. The molecule has 320 valence electrons. The Hall–Kier alpha value is -2.87. The van der Waals surface area contributed by atoms with E-state index in [1.54, 1.807) is 18.7 Å². The largest absolute Gasteiger partial charge is 0.458 e. The number of unbranched alkanes of at least 4 members (excludes halogenated alkanes) is 2. The molecule has 5 rings (SSSR count). The smallest absolute Gasteiger partial charge is 0.410 e. The van der Waals surface area contributed by atoms with Crippen LogP contribution in [-0.4, -0.2) is 127 Å². The van der Waals surface area contributed by atoms with Crippen molar-refractivity contribution >= 4 is 17.8 Å². The molecular formula is C45H70N2O10. The summed E-state index contributed by atoms with van der Waals surface area (Å²) in [6, 6.07) is 9.41. The van der Waals surface area contributed by atoms with Gasteiger partial charge in [-0.2, -0.15) is 0 Å². The van der Waals surface area contributed by atoms with Crippen LogP contribution < -0.4 is 0 Å². The average molecular weight is 799 g/mol. The van der Waals surface area contributed by atoms with E-state index in [0.29, 0.717) is 25.0 Å². The van der Waals surface area contributed by atoms with E-state index >= 15 is 0 Å². The van der Waals surface area contributed by atoms with Crippen LogP contribution in [0.4, 0.5) is 4.79 Å². The molecule has 0 saturated carbocycles. The molecule has 0 aliphatic carbocycles. The Balaban J connectivity index is 1.51. The van der Waals surface area contributed by atoms with Crippen molar-refractivity contribution in [2.45, 2.75) is 160 Å². The molecule has 1 N–H and O–H groups in total. The zero-order chi connectivity index (χ0) is 41.8. The molecule has 14 atom stereocenters. The Labute approximate surface area is 340 Å². The summed E-state index contributed by atoms with van der Waals surface area (Å²) >= 11 is 0. The summed E-state index contributed by atoms with van der Waals surface area (Å²) < 4.78 is 39.1. The van der Waals surface area contributed by atoms with Crippen molar-refractivity contribution in [1.29, 1.82) is 0 Å². The van der Waals surface area contributed by atoms with Crippen molar-refractivity contribution in [3.63, 3.8) is 0 Å². The number of likely N-dealkylation sites (N-methyl/N-ethyl adjacent to an activating group) is 1. The third-order valence-corrected chi connectivity index (χ3v) is 13.2. The van der Waals surface area contributed by atoms with Crippen LogP contribution in [0.15, 0.2) is 42.5 Å². The fourth-order valence-electron chi connectivity index (χ4n) is 10.0. The Kier molecular flexibility index (Phi) is 15.1. The van der Waals surface area contributed by atoms with Gasteiger partial charge in [-0.3, -0.25) is 9.59 Å². The number of esters is 1. The minimum absolute atomic E-state index is 0.0665. The predicted molar refractivity (Wildman–Crippen MR) is 216 cm³/mol. The van der Waals surface area contributed by atoms with E-state index in [1.165, 1.54) is 5.56 Å². The number of amides is 1. The molecule has 1 aromatic carbocycles. The first kappa shape index (κ1) is 45.2. The number of ketones is 1. The maximum absolute atomic E-state index is 14.9. The van der Waals surface area contributed by atoms with Crippen LogP contribution in [0.5, 0.6) is 0 Å². The second-order valence-electron chi connectivity index (χ2n) is 18.0. The van der Waals surface area contributed by atoms with Gasteiger partial charge >= 0.3 is 12.1 Å². The van der Waals surface area contributed by atoms with Gasteiger partial charge in [-0.15, -0.1) is 0 Å². The SMILES string of the molecule is C=C1CO[C@@H]2[C@H](C)[C@@H](O[C@@H]3O[C@H](C)C[C@H](N(C)C)[C@H]3O)[C@](C)(C[C@@H](C)C(=O)[C@H](C)[C@H]3N(CCCCCc4ccccc4)C(=O)O[C@]3(C)[C@@H](CC)OC(=O)[C@@H]2C)OC1. The van der Waals surface area contributed by atoms with Gasteiger partial charge < -0.3 is 43.3 Å². The molecule has 0 unspecified atom stereocenters. The molecule has 12 heteroatoms. The highest BCUT2D eigenvalue weighted by molar-refractivity contribution is 5.85. The number of benzene rings is 1. The van der Waals surface area contributed by atoms with Crippen molar-refractivity contribution in [1.82, 2.24) is 9.80 Å². The summed E-state index contributed by atoms with van der Waals surface area (Å²) in [5, 5.41) is 11.6. The summed E-state index contributed by atoms with van der Waals surface area (Å²) in [5.74, 6) is -3.12. The van der Waals surface area contributed by atoms with Crippen molar-refractivity contribution < 1.29 is 47.9 Å². The summed E-state index contributed by atoms with van der Waals surface area (Å²) in [6.45, 7) is 20.0. The second kappa shape index (κ2) is 19.0. The van der Waals surface area contributed by atoms with Gasteiger partial charge in [0.15, 0.2) is 11.9 Å². The zero-order valence-electron chi connectivity index (χ0n) is 36.1. The number of aliphatic hydroxyl groups excluding tert-OH is 1. The summed E-state index contributed by atoms with van der Waals surface area (Å²) in [6.07, 6.45) is -0.344. The van der Waals surface area contributed by atoms with Crippen LogP contribution >= 0.6 is 0 Å². The van der Waals surface area contributed by atoms with Crippen LogP contribution in [0.25, 0.3) is 0 Å². The lowest BCUT2D eigenvalue weighted by atomic mass is 9.73. The number of Topliss-reactive ketones (excluding diaryl/α,β-unsaturated/α-hetero) is 1. The molecule has 2 bridgehead atoms. The molecule has 1 amide bonds. The first-order chi connectivity index (χ1) is 26.9. The standard InChI is InChI=1S/C45H70N2O10/c1-12-35-45(9)39(47(43(51)57-45)22-18-14-17-21-33-19-15-13-16-20-33)30(5)36(48)28(3)24-44(8)40(56-42-37(49)34(46(10)11)23-29(4)54-42)31(6)38(32(7)41(50)55-35)52-25-27(2)26-53-44/h13,15-16,19-20,28-32,34-35,37-40,42,49H,2,12,14,17-18,21-26H2,1,3-11H3/t28-,29-,30+,31+,32-,34+,35-,37-,38-,39-,40-,42+,44+,45-/m1/s1. The number of hydrogen-bond acceptors (Lipinski definition) is 11. The number of cyclic esters (lactones) is 1. The van der Waals surface area contributed by atoms with Crippen LogP contribution in [0.2, 0.25) is 0 Å². The quantitative estimate of drug-likeness (QED) is 0.161. The topological polar surface area (TPSA) is 133 Å². The van der Waals surface area contributed by atoms with Crippen LogP contribution in [0.1, 0.15) is 99.5 Å². The van der Waals surface area contributed by atoms with Gasteiger partial charge in [0.05, 0.1) is 49.1 Å². The molecule has 4 aliphatic rings. The molecule has 4 fully saturated rings. The minimum Gasteiger partial charge on any atom is -0.458 e. The molecule has 0 spiro atoms. The fraction of sp³-hybridized carbons (Fsp3) is 0.756. The van der Waals surface area contributed by atoms with Crippen LogP contribution in [0, 0.1) is 23.7 Å². The van der Waals surface area contributed by atoms with Gasteiger partial charge in [-0.05, 0) is 91.5 Å². The predicted octanol–water partition coefficient (Wildman–Crippen LogP) is 6.36. The number of fused-ring (bicyclic) bond motifs is 4. The Morgan fingerprint density at radius 3 is 2.35 bits per heavy atom. The zero-order valence-corrected chi connectivity index (χ0v) is 36.1.